The molecule has 1 rings (SSSR count). The van der Waals surface area contributed by atoms with Crippen LogP contribution in [0.4, 0.5) is 0 Å². The average Bonchev–Trinajstić information content (AvgIpc) is 3.44. The number of esters is 1. The number of hydrogen-bond donors (Lipinski definition) is 6. The molecule has 1 amide bonds. The number of unbranched alkanes of at least 4 members (excludes halogenated alkanes) is 39. The number of allylic oxidation sites excluding steroid dienone is 5. The fraction of sp³-hybridized carbons (Fsp3) is 0.881. The van der Waals surface area contributed by atoms with Gasteiger partial charge in [0, 0.05) is 6.42 Å². The number of rotatable bonds is 57. The molecule has 8 atom stereocenters. The third-order valence-electron chi connectivity index (χ3n) is 15.8. The fourth-order valence-electron chi connectivity index (χ4n) is 10.5. The van der Waals surface area contributed by atoms with E-state index in [1.165, 1.54) is 212 Å². The number of aliphatic hydroxyl groups excluding tert-OH is 5. The van der Waals surface area contributed by atoms with Gasteiger partial charge in [-0.3, -0.25) is 9.59 Å². The summed E-state index contributed by atoms with van der Waals surface area (Å²) in [4.78, 5) is 26.5. The third kappa shape index (κ3) is 42.7. The molecule has 78 heavy (non-hydrogen) atoms. The van der Waals surface area contributed by atoms with Crippen molar-refractivity contribution in [3.05, 3.63) is 36.5 Å². The Morgan fingerprint density at radius 1 is 0.487 bits per heavy atom. The Balaban J connectivity index is 2.55. The second-order valence-electron chi connectivity index (χ2n) is 23.2. The summed E-state index contributed by atoms with van der Waals surface area (Å²) < 4.78 is 17.6. The normalized spacial score (nSPS) is 19.1. The summed E-state index contributed by atoms with van der Waals surface area (Å²) in [7, 11) is 0. The Hall–Kier alpha value is -2.12. The van der Waals surface area contributed by atoms with E-state index >= 15 is 0 Å². The molecule has 0 radical (unpaired) electrons. The van der Waals surface area contributed by atoms with Crippen molar-refractivity contribution in [3.63, 3.8) is 0 Å². The molecule has 1 saturated heterocycles. The predicted molar refractivity (Wildman–Crippen MR) is 324 cm³/mol. The van der Waals surface area contributed by atoms with Gasteiger partial charge in [-0.25, -0.2) is 0 Å². The van der Waals surface area contributed by atoms with E-state index in [-0.39, 0.29) is 19.4 Å². The van der Waals surface area contributed by atoms with Crippen molar-refractivity contribution in [1.29, 1.82) is 0 Å². The molecule has 11 nitrogen and oxygen atoms in total. The molecule has 1 heterocycles. The fourth-order valence-corrected chi connectivity index (χ4v) is 10.5. The van der Waals surface area contributed by atoms with Crippen molar-refractivity contribution >= 4 is 11.9 Å². The highest BCUT2D eigenvalue weighted by Gasteiger charge is 2.47. The van der Waals surface area contributed by atoms with Crippen LogP contribution in [0.25, 0.3) is 0 Å². The first-order valence-corrected chi connectivity index (χ1v) is 33.3. The van der Waals surface area contributed by atoms with Gasteiger partial charge in [-0.15, -0.1) is 0 Å². The van der Waals surface area contributed by atoms with Crippen LogP contribution in [0.1, 0.15) is 316 Å². The quantitative estimate of drug-likeness (QED) is 0.0195. The van der Waals surface area contributed by atoms with Gasteiger partial charge in [0.05, 0.1) is 25.4 Å². The molecule has 458 valence electrons. The van der Waals surface area contributed by atoms with Crippen molar-refractivity contribution < 1.29 is 49.3 Å². The predicted octanol–water partition coefficient (Wildman–Crippen LogP) is 16.2. The van der Waals surface area contributed by atoms with Crippen LogP contribution in [-0.2, 0) is 23.8 Å². The molecule has 6 N–H and O–H groups in total. The SMILES string of the molecule is CCCCCCCC/C=C/CCCCCCCCCCCCCCCCCC(=O)OC1C(OCC(NC(=O)C(O)CCCC/C=C\CCCCCCCCC)C(O)/C=C/CCCCCCCCCCC)OC(CO)C(O)C1O. The van der Waals surface area contributed by atoms with E-state index in [0.717, 1.165) is 57.8 Å². The Bertz CT molecular complexity index is 1410. The van der Waals surface area contributed by atoms with Crippen LogP contribution in [-0.4, -0.2) is 99.6 Å². The van der Waals surface area contributed by atoms with E-state index in [4.69, 9.17) is 14.2 Å². The number of ether oxygens (including phenoxy) is 3. The number of hydrogen-bond acceptors (Lipinski definition) is 10. The van der Waals surface area contributed by atoms with Crippen LogP contribution in [0.5, 0.6) is 0 Å². The Morgan fingerprint density at radius 2 is 0.846 bits per heavy atom. The van der Waals surface area contributed by atoms with Crippen LogP contribution < -0.4 is 5.32 Å². The van der Waals surface area contributed by atoms with Gasteiger partial charge < -0.3 is 45.1 Å². The summed E-state index contributed by atoms with van der Waals surface area (Å²) in [6, 6.07) is -1.03. The van der Waals surface area contributed by atoms with E-state index in [1.54, 1.807) is 6.08 Å². The van der Waals surface area contributed by atoms with Gasteiger partial charge in [0.2, 0.25) is 5.91 Å². The minimum Gasteiger partial charge on any atom is -0.454 e. The second kappa shape index (κ2) is 55.4. The third-order valence-corrected chi connectivity index (χ3v) is 15.8. The molecule has 0 aromatic rings. The van der Waals surface area contributed by atoms with E-state index in [0.29, 0.717) is 12.8 Å². The molecule has 0 bridgehead atoms. The van der Waals surface area contributed by atoms with E-state index in [1.807, 2.05) is 6.08 Å². The first-order chi connectivity index (χ1) is 38.2. The summed E-state index contributed by atoms with van der Waals surface area (Å²) in [5, 5.41) is 57.0. The maximum Gasteiger partial charge on any atom is 0.306 e. The van der Waals surface area contributed by atoms with Crippen LogP contribution in [0.3, 0.4) is 0 Å². The van der Waals surface area contributed by atoms with E-state index in [2.05, 4.69) is 50.4 Å². The molecule has 1 aliphatic rings. The highest BCUT2D eigenvalue weighted by Crippen LogP contribution is 2.26. The molecule has 0 saturated carbocycles. The number of carbonyl (C=O) groups excluding carboxylic acids is 2. The standard InChI is InChI=1S/C67H125NO10/c1-4-7-10-13-16-19-22-24-25-26-27-28-29-30-31-32-33-34-35-37-40-43-46-49-52-55-62(72)78-65-64(74)63(73)61(56-69)77-67(65)76-57-58(59(70)53-50-47-44-41-38-21-18-15-12-9-6-3)68-66(75)60(71)54-51-48-45-42-39-36-23-20-17-14-11-8-5-2/h24-25,39,42,50,53,58-61,63-65,67,69-71,73-74H,4-23,26-38,40-41,43-49,51-52,54-57H2,1-3H3,(H,68,75)/b25-24+,42-39-,53-50+. The van der Waals surface area contributed by atoms with Gasteiger partial charge in [0.15, 0.2) is 12.4 Å². The molecule has 8 unspecified atom stereocenters. The Kier molecular flexibility index (Phi) is 52.5. The maximum atomic E-state index is 13.4. The number of carbonyl (C=O) groups is 2. The summed E-state index contributed by atoms with van der Waals surface area (Å²) in [6.45, 7) is 5.79. The topological polar surface area (TPSA) is 175 Å². The van der Waals surface area contributed by atoms with Crippen LogP contribution in [0.15, 0.2) is 36.5 Å². The van der Waals surface area contributed by atoms with Crippen molar-refractivity contribution in [2.24, 2.45) is 0 Å². The van der Waals surface area contributed by atoms with Gasteiger partial charge in [-0.1, -0.05) is 269 Å². The monoisotopic (exact) mass is 1100 g/mol. The maximum absolute atomic E-state index is 13.4. The minimum absolute atomic E-state index is 0.125. The zero-order valence-electron chi connectivity index (χ0n) is 50.8. The van der Waals surface area contributed by atoms with Crippen LogP contribution in [0.2, 0.25) is 0 Å². The second-order valence-corrected chi connectivity index (χ2v) is 23.2. The summed E-state index contributed by atoms with van der Waals surface area (Å²) >= 11 is 0. The smallest absolute Gasteiger partial charge is 0.306 e. The van der Waals surface area contributed by atoms with Crippen LogP contribution >= 0.6 is 0 Å². The molecule has 1 fully saturated rings. The first kappa shape index (κ1) is 73.9. The van der Waals surface area contributed by atoms with Crippen molar-refractivity contribution in [1.82, 2.24) is 5.32 Å². The molecule has 0 spiro atoms. The van der Waals surface area contributed by atoms with Crippen molar-refractivity contribution in [3.8, 4) is 0 Å². The first-order valence-electron chi connectivity index (χ1n) is 33.3. The van der Waals surface area contributed by atoms with Gasteiger partial charge in [0.1, 0.15) is 24.4 Å². The molecule has 0 aromatic heterocycles. The minimum atomic E-state index is -1.61. The Labute approximate surface area is 479 Å². The van der Waals surface area contributed by atoms with Crippen LogP contribution in [0, 0.1) is 0 Å². The molecular formula is C67H125NO10. The lowest BCUT2D eigenvalue weighted by atomic mass is 9.99. The van der Waals surface area contributed by atoms with Crippen molar-refractivity contribution in [2.75, 3.05) is 13.2 Å². The molecule has 0 aliphatic carbocycles. The lowest BCUT2D eigenvalue weighted by Crippen LogP contribution is -2.61. The van der Waals surface area contributed by atoms with Gasteiger partial charge in [0.25, 0.3) is 0 Å². The molecular weight excluding hydrogens is 979 g/mol. The zero-order chi connectivity index (χ0) is 56.8. The molecule has 1 aliphatic heterocycles. The van der Waals surface area contributed by atoms with Gasteiger partial charge in [-0.2, -0.15) is 0 Å². The van der Waals surface area contributed by atoms with E-state index in [9.17, 15) is 35.1 Å². The van der Waals surface area contributed by atoms with Crippen molar-refractivity contribution in [2.45, 2.75) is 365 Å². The molecule has 0 aromatic carbocycles. The summed E-state index contributed by atoms with van der Waals surface area (Å²) in [6.07, 6.45) is 56.3. The number of amides is 1. The molecule has 11 heteroatoms. The lowest BCUT2D eigenvalue weighted by molar-refractivity contribution is -0.305. The highest BCUT2D eigenvalue weighted by atomic mass is 16.7. The van der Waals surface area contributed by atoms with Gasteiger partial charge >= 0.3 is 5.97 Å². The zero-order valence-corrected chi connectivity index (χ0v) is 50.8. The Morgan fingerprint density at radius 3 is 1.24 bits per heavy atom. The number of aliphatic hydroxyl groups is 5. The average molecular weight is 1100 g/mol. The lowest BCUT2D eigenvalue weighted by Gasteiger charge is -2.41. The summed E-state index contributed by atoms with van der Waals surface area (Å²) in [5.41, 5.74) is 0. The van der Waals surface area contributed by atoms with E-state index < -0.39 is 67.4 Å². The number of nitrogens with one attached hydrogen (secondary N) is 1. The summed E-state index contributed by atoms with van der Waals surface area (Å²) in [5.74, 6) is -1.20. The van der Waals surface area contributed by atoms with Gasteiger partial charge in [-0.05, 0) is 77.0 Å². The largest absolute Gasteiger partial charge is 0.454 e. The highest BCUT2D eigenvalue weighted by molar-refractivity contribution is 5.80.